The number of aromatic nitrogens is 3. The van der Waals surface area contributed by atoms with Crippen molar-refractivity contribution in [1.82, 2.24) is 14.8 Å². The first kappa shape index (κ1) is 24.1. The van der Waals surface area contributed by atoms with Gasteiger partial charge in [-0.1, -0.05) is 78.5 Å². The lowest BCUT2D eigenvalue weighted by atomic mass is 10.0. The normalized spacial score (nSPS) is 14.4. The number of ether oxygens (including phenoxy) is 1. The highest BCUT2D eigenvalue weighted by molar-refractivity contribution is 8.00. The Kier molecular flexibility index (Phi) is 7.34. The van der Waals surface area contributed by atoms with Gasteiger partial charge in [-0.25, -0.2) is 0 Å². The van der Waals surface area contributed by atoms with Crippen molar-refractivity contribution >= 4 is 29.3 Å². The van der Waals surface area contributed by atoms with Gasteiger partial charge in [0.2, 0.25) is 11.9 Å². The van der Waals surface area contributed by atoms with Crippen LogP contribution in [0.15, 0.2) is 84.0 Å². The Morgan fingerprint density at radius 1 is 0.944 bits per heavy atom. The summed E-state index contributed by atoms with van der Waals surface area (Å²) in [6.45, 7) is 6.79. The van der Waals surface area contributed by atoms with Crippen LogP contribution in [0.5, 0.6) is 0 Å². The standard InChI is InChI=1S/C28H29N5O2S/c1-20-10-6-9-15-25(20)33-27(32-16-18-35-19-17-32)30-31-28(33)36-21(2)26(34)29-24-14-8-7-13-23(24)22-11-4-3-5-12-22/h3-15,21H,16-19H2,1-2H3,(H,29,34)/t21-/m0/s1. The molecule has 1 aliphatic rings. The Morgan fingerprint density at radius 2 is 1.64 bits per heavy atom. The van der Waals surface area contributed by atoms with Crippen molar-refractivity contribution in [2.24, 2.45) is 0 Å². The molecule has 0 aliphatic carbocycles. The summed E-state index contributed by atoms with van der Waals surface area (Å²) in [6, 6.07) is 26.1. The van der Waals surface area contributed by atoms with E-state index in [0.717, 1.165) is 47.1 Å². The van der Waals surface area contributed by atoms with E-state index in [2.05, 4.69) is 44.0 Å². The second kappa shape index (κ2) is 11.0. The molecule has 0 bridgehead atoms. The minimum atomic E-state index is -0.390. The zero-order chi connectivity index (χ0) is 24.9. The molecule has 7 nitrogen and oxygen atoms in total. The Bertz CT molecular complexity index is 1330. The van der Waals surface area contributed by atoms with Crippen molar-refractivity contribution in [2.75, 3.05) is 36.5 Å². The Balaban J connectivity index is 1.41. The van der Waals surface area contributed by atoms with Crippen LogP contribution in [0.1, 0.15) is 12.5 Å². The molecule has 1 N–H and O–H groups in total. The second-order valence-electron chi connectivity index (χ2n) is 8.66. The summed E-state index contributed by atoms with van der Waals surface area (Å²) in [7, 11) is 0. The SMILES string of the molecule is Cc1ccccc1-n1c(S[C@@H](C)C(=O)Nc2ccccc2-c2ccccc2)nnc1N1CCOCC1. The molecule has 36 heavy (non-hydrogen) atoms. The maximum absolute atomic E-state index is 13.3. The fraction of sp³-hybridized carbons (Fsp3) is 0.250. The molecule has 1 atom stereocenters. The van der Waals surface area contributed by atoms with E-state index >= 15 is 0 Å². The van der Waals surface area contributed by atoms with Gasteiger partial charge in [0, 0.05) is 24.3 Å². The first-order valence-corrected chi connectivity index (χ1v) is 13.0. The second-order valence-corrected chi connectivity index (χ2v) is 9.97. The van der Waals surface area contributed by atoms with Gasteiger partial charge in [0.25, 0.3) is 0 Å². The van der Waals surface area contributed by atoms with Crippen LogP contribution < -0.4 is 10.2 Å². The van der Waals surface area contributed by atoms with Crippen LogP contribution in [0.4, 0.5) is 11.6 Å². The van der Waals surface area contributed by atoms with E-state index in [1.165, 1.54) is 11.8 Å². The van der Waals surface area contributed by atoms with Gasteiger partial charge in [-0.3, -0.25) is 9.36 Å². The van der Waals surface area contributed by atoms with E-state index in [9.17, 15) is 4.79 Å². The van der Waals surface area contributed by atoms with Gasteiger partial charge in [-0.15, -0.1) is 10.2 Å². The van der Waals surface area contributed by atoms with Crippen LogP contribution in [-0.2, 0) is 9.53 Å². The number of thioether (sulfide) groups is 1. The summed E-state index contributed by atoms with van der Waals surface area (Å²) >= 11 is 1.41. The number of hydrogen-bond acceptors (Lipinski definition) is 6. The Morgan fingerprint density at radius 3 is 2.42 bits per heavy atom. The number of rotatable bonds is 7. The van der Waals surface area contributed by atoms with E-state index in [1.807, 2.05) is 73.7 Å². The van der Waals surface area contributed by atoms with Gasteiger partial charge >= 0.3 is 0 Å². The van der Waals surface area contributed by atoms with Crippen molar-refractivity contribution in [3.05, 3.63) is 84.4 Å². The van der Waals surface area contributed by atoms with Crippen molar-refractivity contribution in [1.29, 1.82) is 0 Å². The highest BCUT2D eigenvalue weighted by Crippen LogP contribution is 2.32. The molecule has 0 saturated carbocycles. The van der Waals surface area contributed by atoms with Gasteiger partial charge in [0.15, 0.2) is 5.16 Å². The number of hydrogen-bond donors (Lipinski definition) is 1. The number of aryl methyl sites for hydroxylation is 1. The number of nitrogens with zero attached hydrogens (tertiary/aromatic N) is 4. The van der Waals surface area contributed by atoms with Gasteiger partial charge < -0.3 is 15.0 Å². The predicted molar refractivity (Wildman–Crippen MR) is 145 cm³/mol. The molecule has 4 aromatic rings. The number of carbonyl (C=O) groups excluding carboxylic acids is 1. The molecule has 0 radical (unpaired) electrons. The smallest absolute Gasteiger partial charge is 0.237 e. The van der Waals surface area contributed by atoms with Crippen LogP contribution >= 0.6 is 11.8 Å². The summed E-state index contributed by atoms with van der Waals surface area (Å²) in [4.78, 5) is 15.5. The molecule has 1 fully saturated rings. The van der Waals surface area contributed by atoms with Crippen molar-refractivity contribution < 1.29 is 9.53 Å². The summed E-state index contributed by atoms with van der Waals surface area (Å²) in [5, 5.41) is 12.5. The third-order valence-corrected chi connectivity index (χ3v) is 7.23. The lowest BCUT2D eigenvalue weighted by Gasteiger charge is -2.28. The molecule has 184 valence electrons. The molecule has 0 spiro atoms. The summed E-state index contributed by atoms with van der Waals surface area (Å²) in [6.07, 6.45) is 0. The third-order valence-electron chi connectivity index (χ3n) is 6.19. The molecular formula is C28H29N5O2S. The van der Waals surface area contributed by atoms with Gasteiger partial charge in [-0.2, -0.15) is 0 Å². The van der Waals surface area contributed by atoms with E-state index in [1.54, 1.807) is 0 Å². The number of para-hydroxylation sites is 2. The quantitative estimate of drug-likeness (QED) is 0.353. The molecule has 1 aliphatic heterocycles. The van der Waals surface area contributed by atoms with Crippen LogP contribution in [0.2, 0.25) is 0 Å². The van der Waals surface area contributed by atoms with E-state index < -0.39 is 5.25 Å². The number of carbonyl (C=O) groups is 1. The predicted octanol–water partition coefficient (Wildman–Crippen LogP) is 5.20. The van der Waals surface area contributed by atoms with Gasteiger partial charge in [-0.05, 0) is 37.1 Å². The molecule has 1 amide bonds. The van der Waals surface area contributed by atoms with E-state index in [0.29, 0.717) is 18.4 Å². The number of morpholine rings is 1. The number of amides is 1. The first-order valence-electron chi connectivity index (χ1n) is 12.1. The van der Waals surface area contributed by atoms with Crippen LogP contribution in [0.25, 0.3) is 16.8 Å². The average Bonchev–Trinajstić information content (AvgIpc) is 3.33. The highest BCUT2D eigenvalue weighted by Gasteiger charge is 2.25. The lowest BCUT2D eigenvalue weighted by Crippen LogP contribution is -2.38. The molecule has 1 aromatic heterocycles. The molecule has 0 unspecified atom stereocenters. The van der Waals surface area contributed by atoms with Crippen LogP contribution in [0.3, 0.4) is 0 Å². The topological polar surface area (TPSA) is 72.3 Å². The first-order chi connectivity index (χ1) is 17.6. The zero-order valence-corrected chi connectivity index (χ0v) is 21.2. The highest BCUT2D eigenvalue weighted by atomic mass is 32.2. The lowest BCUT2D eigenvalue weighted by molar-refractivity contribution is -0.115. The summed E-state index contributed by atoms with van der Waals surface area (Å²) in [5.74, 6) is 0.688. The largest absolute Gasteiger partial charge is 0.378 e. The van der Waals surface area contributed by atoms with E-state index in [-0.39, 0.29) is 5.91 Å². The third kappa shape index (κ3) is 5.15. The molecule has 8 heteroatoms. The number of anilines is 2. The fourth-order valence-electron chi connectivity index (χ4n) is 4.24. The fourth-order valence-corrected chi connectivity index (χ4v) is 5.09. The van der Waals surface area contributed by atoms with Crippen molar-refractivity contribution in [2.45, 2.75) is 24.3 Å². The summed E-state index contributed by atoms with van der Waals surface area (Å²) in [5.41, 5.74) is 4.95. The molecule has 5 rings (SSSR count). The Labute approximate surface area is 215 Å². The minimum Gasteiger partial charge on any atom is -0.378 e. The maximum Gasteiger partial charge on any atom is 0.237 e. The molecular weight excluding hydrogens is 470 g/mol. The average molecular weight is 500 g/mol. The van der Waals surface area contributed by atoms with E-state index in [4.69, 9.17) is 4.74 Å². The number of nitrogens with one attached hydrogen (secondary N) is 1. The van der Waals surface area contributed by atoms with Crippen molar-refractivity contribution in [3.8, 4) is 16.8 Å². The monoisotopic (exact) mass is 499 g/mol. The summed E-state index contributed by atoms with van der Waals surface area (Å²) < 4.78 is 7.60. The van der Waals surface area contributed by atoms with Gasteiger partial charge in [0.05, 0.1) is 24.2 Å². The molecule has 3 aromatic carbocycles. The van der Waals surface area contributed by atoms with Gasteiger partial charge in [0.1, 0.15) is 0 Å². The van der Waals surface area contributed by atoms with Crippen LogP contribution in [-0.4, -0.2) is 52.2 Å². The molecule has 2 heterocycles. The Hall–Kier alpha value is -3.62. The van der Waals surface area contributed by atoms with Crippen LogP contribution in [0, 0.1) is 6.92 Å². The van der Waals surface area contributed by atoms with Crippen molar-refractivity contribution in [3.63, 3.8) is 0 Å². The zero-order valence-electron chi connectivity index (χ0n) is 20.4. The molecule has 1 saturated heterocycles. The number of benzene rings is 3. The minimum absolute atomic E-state index is 0.0874. The maximum atomic E-state index is 13.3.